The van der Waals surface area contributed by atoms with Gasteiger partial charge in [-0.15, -0.1) is 11.3 Å². The SMILES string of the molecule is C[C@@H](C(=O)Nc1nccs1)N1CCN(c2ccnc3ccccc23)CC1. The van der Waals surface area contributed by atoms with Crippen LogP contribution in [0.5, 0.6) is 0 Å². The smallest absolute Gasteiger partial charge is 0.243 e. The van der Waals surface area contributed by atoms with E-state index in [1.54, 1.807) is 6.20 Å². The Kier molecular flexibility index (Phi) is 4.81. The van der Waals surface area contributed by atoms with Crippen LogP contribution in [0.4, 0.5) is 10.8 Å². The molecule has 0 radical (unpaired) electrons. The Morgan fingerprint density at radius 1 is 1.12 bits per heavy atom. The van der Waals surface area contributed by atoms with Crippen LogP contribution in [0.3, 0.4) is 0 Å². The summed E-state index contributed by atoms with van der Waals surface area (Å²) in [6.07, 6.45) is 3.57. The van der Waals surface area contributed by atoms with E-state index in [9.17, 15) is 4.79 Å². The van der Waals surface area contributed by atoms with Gasteiger partial charge in [-0.3, -0.25) is 14.7 Å². The molecule has 1 fully saturated rings. The first kappa shape index (κ1) is 16.9. The second kappa shape index (κ2) is 7.39. The normalized spacial score (nSPS) is 16.6. The van der Waals surface area contributed by atoms with Gasteiger partial charge in [-0.2, -0.15) is 0 Å². The zero-order valence-corrected chi connectivity index (χ0v) is 15.4. The summed E-state index contributed by atoms with van der Waals surface area (Å²) >= 11 is 1.44. The number of para-hydroxylation sites is 1. The number of pyridine rings is 1. The van der Waals surface area contributed by atoms with Gasteiger partial charge in [0.25, 0.3) is 0 Å². The van der Waals surface area contributed by atoms with E-state index in [2.05, 4.69) is 43.3 Å². The number of hydrogen-bond donors (Lipinski definition) is 1. The van der Waals surface area contributed by atoms with Crippen molar-refractivity contribution in [1.82, 2.24) is 14.9 Å². The highest BCUT2D eigenvalue weighted by Crippen LogP contribution is 2.26. The summed E-state index contributed by atoms with van der Waals surface area (Å²) in [7, 11) is 0. The van der Waals surface area contributed by atoms with E-state index >= 15 is 0 Å². The number of nitrogens with zero attached hydrogens (tertiary/aromatic N) is 4. The number of carbonyl (C=O) groups excluding carboxylic acids is 1. The van der Waals surface area contributed by atoms with Crippen molar-refractivity contribution in [1.29, 1.82) is 0 Å². The molecule has 1 aliphatic rings. The largest absolute Gasteiger partial charge is 0.368 e. The van der Waals surface area contributed by atoms with Crippen molar-refractivity contribution < 1.29 is 4.79 Å². The first-order chi connectivity index (χ1) is 12.7. The van der Waals surface area contributed by atoms with Crippen molar-refractivity contribution >= 4 is 39.0 Å². The van der Waals surface area contributed by atoms with Crippen molar-refractivity contribution in [3.8, 4) is 0 Å². The molecule has 2 aromatic heterocycles. The second-order valence-corrected chi connectivity index (χ2v) is 7.27. The monoisotopic (exact) mass is 367 g/mol. The minimum Gasteiger partial charge on any atom is -0.368 e. The number of anilines is 2. The molecule has 1 saturated heterocycles. The lowest BCUT2D eigenvalue weighted by molar-refractivity contribution is -0.120. The number of fused-ring (bicyclic) bond motifs is 1. The van der Waals surface area contributed by atoms with E-state index in [0.29, 0.717) is 5.13 Å². The molecule has 1 amide bonds. The van der Waals surface area contributed by atoms with Gasteiger partial charge >= 0.3 is 0 Å². The fourth-order valence-corrected chi connectivity index (χ4v) is 3.90. The Hall–Kier alpha value is -2.51. The van der Waals surface area contributed by atoms with Gasteiger partial charge in [-0.1, -0.05) is 18.2 Å². The van der Waals surface area contributed by atoms with Crippen LogP contribution in [0.2, 0.25) is 0 Å². The quantitative estimate of drug-likeness (QED) is 0.768. The predicted octanol–water partition coefficient (Wildman–Crippen LogP) is 2.84. The van der Waals surface area contributed by atoms with Gasteiger partial charge in [0.05, 0.1) is 11.6 Å². The average Bonchev–Trinajstić information content (AvgIpc) is 3.20. The summed E-state index contributed by atoms with van der Waals surface area (Å²) in [5, 5.41) is 6.59. The van der Waals surface area contributed by atoms with Crippen LogP contribution >= 0.6 is 11.3 Å². The lowest BCUT2D eigenvalue weighted by Crippen LogP contribution is -2.52. The van der Waals surface area contributed by atoms with E-state index in [4.69, 9.17) is 0 Å². The predicted molar refractivity (Wildman–Crippen MR) is 106 cm³/mol. The van der Waals surface area contributed by atoms with Crippen LogP contribution in [0.1, 0.15) is 6.92 Å². The topological polar surface area (TPSA) is 61.4 Å². The Labute approximate surface area is 156 Å². The number of nitrogens with one attached hydrogen (secondary N) is 1. The number of benzene rings is 1. The number of amides is 1. The van der Waals surface area contributed by atoms with Gasteiger partial charge in [0.2, 0.25) is 5.91 Å². The standard InChI is InChI=1S/C19H21N5OS/c1-14(18(25)22-19-21-8-13-26-19)23-9-11-24(12-10-23)17-6-7-20-16-5-3-2-4-15(16)17/h2-8,13-14H,9-12H2,1H3,(H,21,22,25)/t14-/m0/s1. The maximum Gasteiger partial charge on any atom is 0.243 e. The molecule has 0 aliphatic carbocycles. The van der Waals surface area contributed by atoms with Crippen molar-refractivity contribution in [2.24, 2.45) is 0 Å². The van der Waals surface area contributed by atoms with Crippen LogP contribution in [0, 0.1) is 0 Å². The molecular weight excluding hydrogens is 346 g/mol. The first-order valence-corrected chi connectivity index (χ1v) is 9.63. The van der Waals surface area contributed by atoms with E-state index in [1.165, 1.54) is 22.4 Å². The van der Waals surface area contributed by atoms with Crippen molar-refractivity contribution in [3.63, 3.8) is 0 Å². The molecule has 6 nitrogen and oxygen atoms in total. The fourth-order valence-electron chi connectivity index (χ4n) is 3.37. The van der Waals surface area contributed by atoms with Crippen LogP contribution in [0.15, 0.2) is 48.1 Å². The zero-order valence-electron chi connectivity index (χ0n) is 14.6. The third kappa shape index (κ3) is 3.40. The lowest BCUT2D eigenvalue weighted by atomic mass is 10.1. The molecule has 3 heterocycles. The summed E-state index contributed by atoms with van der Waals surface area (Å²) in [4.78, 5) is 25.6. The van der Waals surface area contributed by atoms with Gasteiger partial charge < -0.3 is 10.2 Å². The van der Waals surface area contributed by atoms with Crippen LogP contribution < -0.4 is 10.2 Å². The molecule has 7 heteroatoms. The Morgan fingerprint density at radius 2 is 1.92 bits per heavy atom. The molecule has 1 N–H and O–H groups in total. The van der Waals surface area contributed by atoms with Crippen LogP contribution in [-0.4, -0.2) is 53.0 Å². The maximum atomic E-state index is 12.4. The number of rotatable bonds is 4. The molecule has 1 aliphatic heterocycles. The van der Waals surface area contributed by atoms with Gasteiger partial charge in [0.15, 0.2) is 5.13 Å². The Balaban J connectivity index is 1.41. The minimum absolute atomic E-state index is 0.00256. The van der Waals surface area contributed by atoms with Gasteiger partial charge in [-0.25, -0.2) is 4.98 Å². The van der Waals surface area contributed by atoms with E-state index < -0.39 is 0 Å². The summed E-state index contributed by atoms with van der Waals surface area (Å²) in [5.41, 5.74) is 2.23. The van der Waals surface area contributed by atoms with Gasteiger partial charge in [0.1, 0.15) is 0 Å². The third-order valence-electron chi connectivity index (χ3n) is 4.87. The molecule has 134 valence electrons. The summed E-state index contributed by atoms with van der Waals surface area (Å²) in [6, 6.07) is 10.1. The fraction of sp³-hybridized carbons (Fsp3) is 0.316. The highest BCUT2D eigenvalue weighted by atomic mass is 32.1. The number of piperazine rings is 1. The molecule has 1 atom stereocenters. The Morgan fingerprint density at radius 3 is 2.69 bits per heavy atom. The van der Waals surface area contributed by atoms with Crippen molar-refractivity contribution in [2.45, 2.75) is 13.0 Å². The molecule has 0 bridgehead atoms. The third-order valence-corrected chi connectivity index (χ3v) is 5.56. The number of aromatic nitrogens is 2. The molecule has 0 spiro atoms. The van der Waals surface area contributed by atoms with E-state index in [-0.39, 0.29) is 11.9 Å². The number of thiazole rings is 1. The first-order valence-electron chi connectivity index (χ1n) is 8.75. The molecular formula is C19H21N5OS. The average molecular weight is 367 g/mol. The molecule has 4 rings (SSSR count). The number of carbonyl (C=O) groups is 1. The van der Waals surface area contributed by atoms with Crippen molar-refractivity contribution in [3.05, 3.63) is 48.1 Å². The highest BCUT2D eigenvalue weighted by Gasteiger charge is 2.26. The zero-order chi connectivity index (χ0) is 17.9. The minimum atomic E-state index is -0.171. The summed E-state index contributed by atoms with van der Waals surface area (Å²) in [6.45, 7) is 5.44. The summed E-state index contributed by atoms with van der Waals surface area (Å²) in [5.74, 6) is 0.00256. The molecule has 26 heavy (non-hydrogen) atoms. The number of hydrogen-bond acceptors (Lipinski definition) is 6. The maximum absolute atomic E-state index is 12.4. The Bertz CT molecular complexity index is 885. The lowest BCUT2D eigenvalue weighted by Gasteiger charge is -2.38. The van der Waals surface area contributed by atoms with Crippen LogP contribution in [-0.2, 0) is 4.79 Å². The van der Waals surface area contributed by atoms with Gasteiger partial charge in [0, 0.05) is 55.0 Å². The second-order valence-electron chi connectivity index (χ2n) is 6.37. The van der Waals surface area contributed by atoms with Crippen LogP contribution in [0.25, 0.3) is 10.9 Å². The highest BCUT2D eigenvalue weighted by molar-refractivity contribution is 7.13. The molecule has 0 unspecified atom stereocenters. The van der Waals surface area contributed by atoms with Gasteiger partial charge in [-0.05, 0) is 19.1 Å². The van der Waals surface area contributed by atoms with E-state index in [0.717, 1.165) is 31.7 Å². The molecule has 0 saturated carbocycles. The summed E-state index contributed by atoms with van der Waals surface area (Å²) < 4.78 is 0. The van der Waals surface area contributed by atoms with Crippen molar-refractivity contribution in [2.75, 3.05) is 36.4 Å². The van der Waals surface area contributed by atoms with E-state index in [1.807, 2.05) is 30.6 Å². The molecule has 1 aromatic carbocycles. The molecule has 3 aromatic rings.